The predicted octanol–water partition coefficient (Wildman–Crippen LogP) is 0.674. The molecule has 1 aromatic rings. The van der Waals surface area contributed by atoms with Crippen LogP contribution >= 0.6 is 0 Å². The van der Waals surface area contributed by atoms with E-state index in [1.165, 1.54) is 0 Å². The molecular formula is C11H16BNO3. The van der Waals surface area contributed by atoms with E-state index in [9.17, 15) is 4.79 Å². The van der Waals surface area contributed by atoms with Crippen LogP contribution in [-0.4, -0.2) is 23.3 Å². The number of aromatic nitrogens is 1. The first-order valence-corrected chi connectivity index (χ1v) is 5.12. The number of nitrogens with one attached hydrogen (secondary N) is 1. The molecule has 0 amide bonds. The van der Waals surface area contributed by atoms with E-state index < -0.39 is 23.9 Å². The Morgan fingerprint density at radius 1 is 1.31 bits per heavy atom. The molecule has 0 aromatic carbocycles. The molecule has 1 fully saturated rings. The van der Waals surface area contributed by atoms with Crippen molar-refractivity contribution >= 4 is 12.6 Å². The minimum atomic E-state index is -0.976. The van der Waals surface area contributed by atoms with E-state index in [2.05, 4.69) is 4.98 Å². The minimum Gasteiger partial charge on any atom is -0.399 e. The number of H-pyrrole nitrogens is 1. The molecule has 0 radical (unpaired) electrons. The monoisotopic (exact) mass is 224 g/mol. The van der Waals surface area contributed by atoms with E-state index in [0.29, 0.717) is 0 Å². The third kappa shape index (κ3) is 1.81. The van der Waals surface area contributed by atoms with Crippen LogP contribution in [0.3, 0.4) is 0 Å². The lowest BCUT2D eigenvalue weighted by Gasteiger charge is -2.32. The van der Waals surface area contributed by atoms with Crippen LogP contribution < -0.4 is 11.0 Å². The van der Waals surface area contributed by atoms with Crippen molar-refractivity contribution in [3.8, 4) is 0 Å². The van der Waals surface area contributed by atoms with Gasteiger partial charge in [-0.25, -0.2) is 0 Å². The fourth-order valence-electron chi connectivity index (χ4n) is 1.42. The van der Waals surface area contributed by atoms with Gasteiger partial charge in [0.25, 0.3) is 0 Å². The van der Waals surface area contributed by atoms with Crippen molar-refractivity contribution in [3.63, 3.8) is 0 Å². The summed E-state index contributed by atoms with van der Waals surface area (Å²) in [5.74, 6) is 0. The summed E-state index contributed by atoms with van der Waals surface area (Å²) in [5, 5.41) is 0. The molecule has 86 valence electrons. The van der Waals surface area contributed by atoms with Crippen molar-refractivity contribution < 1.29 is 13.4 Å². The van der Waals surface area contributed by atoms with E-state index in [1.807, 2.05) is 27.7 Å². The molecular weight excluding hydrogens is 205 g/mol. The lowest BCUT2D eigenvalue weighted by Crippen LogP contribution is -2.41. The minimum absolute atomic E-state index is 0.00685. The van der Waals surface area contributed by atoms with Crippen molar-refractivity contribution in [1.29, 1.82) is 0 Å². The van der Waals surface area contributed by atoms with Gasteiger partial charge in [-0.15, -0.1) is 0 Å². The van der Waals surface area contributed by atoms with Gasteiger partial charge in [-0.1, -0.05) is 0 Å². The van der Waals surface area contributed by atoms with Crippen molar-refractivity contribution in [3.05, 3.63) is 28.6 Å². The fraction of sp³-hybridized carbons (Fsp3) is 0.545. The van der Waals surface area contributed by atoms with Crippen LogP contribution in [0.2, 0.25) is 0 Å². The Balaban J connectivity index is 2.54. The van der Waals surface area contributed by atoms with Gasteiger partial charge in [0.05, 0.1) is 15.3 Å². The molecule has 1 aliphatic rings. The van der Waals surface area contributed by atoms with Gasteiger partial charge in [-0.3, -0.25) is 4.79 Å². The van der Waals surface area contributed by atoms with Gasteiger partial charge >= 0.3 is 7.12 Å². The summed E-state index contributed by atoms with van der Waals surface area (Å²) < 4.78 is 34.5. The molecule has 0 aliphatic carbocycles. The Labute approximate surface area is 99.3 Å². The summed E-state index contributed by atoms with van der Waals surface area (Å²) in [6.45, 7) is 7.37. The standard InChI is InChI=1S/C11H16BNO3/c1-10(2)11(3,4)16-12(15-10)8-5-6-13-9(14)7-8/h5-7H,1-4H3,(H,13,14)/i5D,6D,7D. The number of hydrogen-bond donors (Lipinski definition) is 1. The summed E-state index contributed by atoms with van der Waals surface area (Å²) in [6.07, 6.45) is -0.342. The SMILES string of the molecule is [2H]c1[nH]c(=O)c([2H])c(B2OC(C)(C)C(C)(C)O2)c1[2H]. The molecule has 0 unspecified atom stereocenters. The summed E-state index contributed by atoms with van der Waals surface area (Å²) in [5.41, 5.74) is -1.96. The highest BCUT2D eigenvalue weighted by molar-refractivity contribution is 6.62. The predicted molar refractivity (Wildman–Crippen MR) is 62.8 cm³/mol. The lowest BCUT2D eigenvalue weighted by molar-refractivity contribution is 0.00578. The Morgan fingerprint density at radius 3 is 2.44 bits per heavy atom. The first-order valence-electron chi connectivity index (χ1n) is 6.62. The normalized spacial score (nSPS) is 25.0. The Kier molecular flexibility index (Phi) is 1.75. The van der Waals surface area contributed by atoms with Gasteiger partial charge in [0.1, 0.15) is 0 Å². The largest absolute Gasteiger partial charge is 0.495 e. The molecule has 1 saturated heterocycles. The van der Waals surface area contributed by atoms with Crippen molar-refractivity contribution in [2.75, 3.05) is 0 Å². The van der Waals surface area contributed by atoms with Gasteiger partial charge in [0, 0.05) is 12.2 Å². The van der Waals surface area contributed by atoms with Crippen molar-refractivity contribution in [1.82, 2.24) is 4.98 Å². The average molecular weight is 224 g/mol. The molecule has 0 bridgehead atoms. The highest BCUT2D eigenvalue weighted by atomic mass is 16.7. The Morgan fingerprint density at radius 2 is 1.88 bits per heavy atom. The quantitative estimate of drug-likeness (QED) is 0.713. The van der Waals surface area contributed by atoms with E-state index >= 15 is 0 Å². The molecule has 1 aliphatic heterocycles. The fourth-order valence-corrected chi connectivity index (χ4v) is 1.42. The summed E-state index contributed by atoms with van der Waals surface area (Å²) in [6, 6.07) is -0.636. The van der Waals surface area contributed by atoms with Gasteiger partial charge in [0.15, 0.2) is 0 Å². The number of hydrogen-bond acceptors (Lipinski definition) is 3. The van der Waals surface area contributed by atoms with Crippen molar-refractivity contribution in [2.24, 2.45) is 0 Å². The zero-order valence-electron chi connectivity index (χ0n) is 12.8. The summed E-state index contributed by atoms with van der Waals surface area (Å²) >= 11 is 0. The molecule has 0 atom stereocenters. The second kappa shape index (κ2) is 3.47. The molecule has 0 saturated carbocycles. The summed E-state index contributed by atoms with van der Waals surface area (Å²) in [7, 11) is -0.976. The maximum Gasteiger partial charge on any atom is 0.495 e. The van der Waals surface area contributed by atoms with Gasteiger partial charge in [-0.05, 0) is 39.2 Å². The van der Waals surface area contributed by atoms with E-state index in [0.717, 1.165) is 0 Å². The maximum atomic E-state index is 11.5. The molecule has 4 nitrogen and oxygen atoms in total. The molecule has 5 heteroatoms. The van der Waals surface area contributed by atoms with E-state index in [4.69, 9.17) is 13.4 Å². The van der Waals surface area contributed by atoms with E-state index in [-0.39, 0.29) is 23.7 Å². The maximum absolute atomic E-state index is 11.5. The Hall–Kier alpha value is -1.07. The average Bonchev–Trinajstić information content (AvgIpc) is 2.45. The smallest absolute Gasteiger partial charge is 0.399 e. The highest BCUT2D eigenvalue weighted by Crippen LogP contribution is 2.36. The first-order chi connectivity index (χ1) is 8.57. The second-order valence-corrected chi connectivity index (χ2v) is 4.83. The van der Waals surface area contributed by atoms with Crippen molar-refractivity contribution in [2.45, 2.75) is 38.9 Å². The van der Waals surface area contributed by atoms with Gasteiger partial charge < -0.3 is 14.3 Å². The number of aromatic amines is 1. The molecule has 1 N–H and O–H groups in total. The molecule has 0 spiro atoms. The molecule has 1 aromatic heterocycles. The number of pyridine rings is 1. The van der Waals surface area contributed by atoms with Crippen LogP contribution in [0.4, 0.5) is 0 Å². The topological polar surface area (TPSA) is 51.3 Å². The summed E-state index contributed by atoms with van der Waals surface area (Å²) in [4.78, 5) is 13.7. The van der Waals surface area contributed by atoms with Gasteiger partial charge in [-0.2, -0.15) is 0 Å². The van der Waals surface area contributed by atoms with Crippen LogP contribution in [0, 0.1) is 0 Å². The van der Waals surface area contributed by atoms with Crippen LogP contribution in [0.5, 0.6) is 0 Å². The third-order valence-electron chi connectivity index (χ3n) is 3.11. The van der Waals surface area contributed by atoms with Crippen LogP contribution in [0.25, 0.3) is 0 Å². The van der Waals surface area contributed by atoms with Gasteiger partial charge in [0.2, 0.25) is 5.56 Å². The zero-order valence-corrected chi connectivity index (χ0v) is 9.80. The Bertz CT molecular complexity index is 569. The van der Waals surface area contributed by atoms with E-state index in [1.54, 1.807) is 0 Å². The van der Waals surface area contributed by atoms with Crippen LogP contribution in [0.15, 0.2) is 23.1 Å². The molecule has 2 rings (SSSR count). The van der Waals surface area contributed by atoms with Crippen LogP contribution in [0.1, 0.15) is 31.8 Å². The second-order valence-electron chi connectivity index (χ2n) is 4.83. The molecule has 2 heterocycles. The highest BCUT2D eigenvalue weighted by Gasteiger charge is 2.51. The third-order valence-corrected chi connectivity index (χ3v) is 3.11. The zero-order chi connectivity index (χ0) is 14.6. The lowest BCUT2D eigenvalue weighted by atomic mass is 9.80. The first kappa shape index (κ1) is 8.09. The molecule has 16 heavy (non-hydrogen) atoms. The number of rotatable bonds is 1. The van der Waals surface area contributed by atoms with Crippen LogP contribution in [-0.2, 0) is 9.31 Å².